The highest BCUT2D eigenvalue weighted by atomic mass is 16.5. The van der Waals surface area contributed by atoms with Gasteiger partial charge in [0.05, 0.1) is 7.11 Å². The van der Waals surface area contributed by atoms with Crippen molar-refractivity contribution < 1.29 is 9.53 Å². The third-order valence-electron chi connectivity index (χ3n) is 3.45. The van der Waals surface area contributed by atoms with Gasteiger partial charge in [-0.2, -0.15) is 0 Å². The van der Waals surface area contributed by atoms with E-state index in [0.29, 0.717) is 12.4 Å². The summed E-state index contributed by atoms with van der Waals surface area (Å²) in [6.45, 7) is 0.550. The Morgan fingerprint density at radius 1 is 1.44 bits per heavy atom. The zero-order valence-electron chi connectivity index (χ0n) is 10.8. The van der Waals surface area contributed by atoms with Crippen molar-refractivity contribution in [1.29, 1.82) is 0 Å². The maximum Gasteiger partial charge on any atom is 0.223 e. The van der Waals surface area contributed by atoms with Crippen molar-refractivity contribution in [2.24, 2.45) is 5.92 Å². The molecule has 1 amide bonds. The smallest absolute Gasteiger partial charge is 0.223 e. The van der Waals surface area contributed by atoms with Gasteiger partial charge in [-0.05, 0) is 24.5 Å². The van der Waals surface area contributed by atoms with Gasteiger partial charge in [0.1, 0.15) is 0 Å². The molecule has 1 aromatic heterocycles. The molecule has 0 unspecified atom stereocenters. The molecule has 0 radical (unpaired) electrons. The molecule has 4 nitrogen and oxygen atoms in total. The molecule has 1 heterocycles. The summed E-state index contributed by atoms with van der Waals surface area (Å²) in [5.41, 5.74) is 1.02. The van der Waals surface area contributed by atoms with Gasteiger partial charge < -0.3 is 10.1 Å². The van der Waals surface area contributed by atoms with Crippen molar-refractivity contribution in [3.8, 4) is 5.88 Å². The lowest BCUT2D eigenvalue weighted by molar-refractivity contribution is -0.126. The van der Waals surface area contributed by atoms with E-state index in [4.69, 9.17) is 4.74 Å². The Kier molecular flexibility index (Phi) is 4.56. The topological polar surface area (TPSA) is 51.2 Å². The van der Waals surface area contributed by atoms with Crippen molar-refractivity contribution in [3.05, 3.63) is 23.9 Å². The second-order valence-corrected chi connectivity index (χ2v) is 4.76. The number of hydrogen-bond acceptors (Lipinski definition) is 3. The number of aromatic nitrogens is 1. The van der Waals surface area contributed by atoms with Crippen LogP contribution in [-0.2, 0) is 11.3 Å². The van der Waals surface area contributed by atoms with Crippen molar-refractivity contribution in [1.82, 2.24) is 10.3 Å². The molecule has 1 fully saturated rings. The van der Waals surface area contributed by atoms with Crippen LogP contribution in [0.25, 0.3) is 0 Å². The van der Waals surface area contributed by atoms with Crippen LogP contribution in [0.3, 0.4) is 0 Å². The van der Waals surface area contributed by atoms with Gasteiger partial charge in [-0.1, -0.05) is 19.3 Å². The molecular weight excluding hydrogens is 228 g/mol. The lowest BCUT2D eigenvalue weighted by Crippen LogP contribution is -2.31. The summed E-state index contributed by atoms with van der Waals surface area (Å²) in [6.07, 6.45) is 7.39. The fourth-order valence-corrected chi connectivity index (χ4v) is 2.37. The molecule has 1 aliphatic rings. The summed E-state index contributed by atoms with van der Waals surface area (Å²) in [5.74, 6) is 0.979. The minimum absolute atomic E-state index is 0.186. The molecule has 1 saturated carbocycles. The van der Waals surface area contributed by atoms with Crippen LogP contribution >= 0.6 is 0 Å². The molecule has 1 aliphatic carbocycles. The van der Waals surface area contributed by atoms with Crippen LogP contribution in [0.5, 0.6) is 5.88 Å². The van der Waals surface area contributed by atoms with Crippen LogP contribution in [0.15, 0.2) is 18.3 Å². The van der Waals surface area contributed by atoms with Crippen LogP contribution in [0.4, 0.5) is 0 Å². The highest BCUT2D eigenvalue weighted by Crippen LogP contribution is 2.23. The quantitative estimate of drug-likeness (QED) is 0.889. The number of nitrogens with one attached hydrogen (secondary N) is 1. The lowest BCUT2D eigenvalue weighted by Gasteiger charge is -2.20. The van der Waals surface area contributed by atoms with E-state index in [1.165, 1.54) is 19.3 Å². The number of methoxy groups -OCH3 is 1. The van der Waals surface area contributed by atoms with Crippen molar-refractivity contribution in [2.45, 2.75) is 38.6 Å². The minimum Gasteiger partial charge on any atom is -0.481 e. The Balaban J connectivity index is 1.84. The summed E-state index contributed by atoms with van der Waals surface area (Å²) >= 11 is 0. The van der Waals surface area contributed by atoms with Crippen LogP contribution < -0.4 is 10.1 Å². The molecule has 4 heteroatoms. The van der Waals surface area contributed by atoms with E-state index < -0.39 is 0 Å². The second kappa shape index (κ2) is 6.38. The minimum atomic E-state index is 0.186. The number of hydrogen-bond donors (Lipinski definition) is 1. The Morgan fingerprint density at radius 3 is 2.94 bits per heavy atom. The van der Waals surface area contributed by atoms with E-state index in [9.17, 15) is 4.79 Å². The van der Waals surface area contributed by atoms with Crippen molar-refractivity contribution in [2.75, 3.05) is 7.11 Å². The SMILES string of the molecule is COc1cc(CNC(=O)C2CCCCC2)ccn1. The van der Waals surface area contributed by atoms with Gasteiger partial charge in [0, 0.05) is 24.7 Å². The number of carbonyl (C=O) groups excluding carboxylic acids is 1. The van der Waals surface area contributed by atoms with Crippen LogP contribution in [0, 0.1) is 5.92 Å². The van der Waals surface area contributed by atoms with Crippen molar-refractivity contribution >= 4 is 5.91 Å². The molecule has 0 aliphatic heterocycles. The van der Waals surface area contributed by atoms with E-state index in [-0.39, 0.29) is 11.8 Å². The number of amides is 1. The van der Waals surface area contributed by atoms with Crippen LogP contribution in [0.1, 0.15) is 37.7 Å². The number of nitrogens with zero attached hydrogens (tertiary/aromatic N) is 1. The number of pyridine rings is 1. The highest BCUT2D eigenvalue weighted by Gasteiger charge is 2.20. The first-order valence-electron chi connectivity index (χ1n) is 6.56. The summed E-state index contributed by atoms with van der Waals surface area (Å²) in [7, 11) is 1.59. The first kappa shape index (κ1) is 12.9. The summed E-state index contributed by atoms with van der Waals surface area (Å²) < 4.78 is 5.05. The van der Waals surface area contributed by atoms with Gasteiger partial charge in [-0.3, -0.25) is 4.79 Å². The van der Waals surface area contributed by atoms with Gasteiger partial charge >= 0.3 is 0 Å². The maximum atomic E-state index is 12.0. The zero-order valence-corrected chi connectivity index (χ0v) is 10.8. The fraction of sp³-hybridized carbons (Fsp3) is 0.571. The summed E-state index contributed by atoms with van der Waals surface area (Å²) in [4.78, 5) is 16.0. The number of ether oxygens (including phenoxy) is 1. The predicted octanol–water partition coefficient (Wildman–Crippen LogP) is 2.29. The van der Waals surface area contributed by atoms with Gasteiger partial charge in [-0.15, -0.1) is 0 Å². The third kappa shape index (κ3) is 3.45. The van der Waals surface area contributed by atoms with E-state index in [1.807, 2.05) is 12.1 Å². The van der Waals surface area contributed by atoms with E-state index >= 15 is 0 Å². The molecule has 0 spiro atoms. The molecular formula is C14H20N2O2. The number of rotatable bonds is 4. The summed E-state index contributed by atoms with van der Waals surface area (Å²) in [6, 6.07) is 3.74. The van der Waals surface area contributed by atoms with Crippen LogP contribution in [0.2, 0.25) is 0 Å². The Morgan fingerprint density at radius 2 is 2.22 bits per heavy atom. The van der Waals surface area contributed by atoms with E-state index in [2.05, 4.69) is 10.3 Å². The molecule has 18 heavy (non-hydrogen) atoms. The van der Waals surface area contributed by atoms with Crippen LogP contribution in [-0.4, -0.2) is 18.0 Å². The third-order valence-corrected chi connectivity index (χ3v) is 3.45. The van der Waals surface area contributed by atoms with E-state index in [1.54, 1.807) is 13.3 Å². The average Bonchev–Trinajstić information content (AvgIpc) is 2.46. The first-order chi connectivity index (χ1) is 8.79. The van der Waals surface area contributed by atoms with E-state index in [0.717, 1.165) is 18.4 Å². The standard InChI is InChI=1S/C14H20N2O2/c1-18-13-9-11(7-8-15-13)10-16-14(17)12-5-3-2-4-6-12/h7-9,12H,2-6,10H2,1H3,(H,16,17). The average molecular weight is 248 g/mol. The zero-order chi connectivity index (χ0) is 12.8. The Hall–Kier alpha value is -1.58. The maximum absolute atomic E-state index is 12.0. The lowest BCUT2D eigenvalue weighted by atomic mass is 9.88. The molecule has 0 bridgehead atoms. The monoisotopic (exact) mass is 248 g/mol. The van der Waals surface area contributed by atoms with Gasteiger partial charge in [-0.25, -0.2) is 4.98 Å². The van der Waals surface area contributed by atoms with Gasteiger partial charge in [0.2, 0.25) is 11.8 Å². The highest BCUT2D eigenvalue weighted by molar-refractivity contribution is 5.78. The normalized spacial score (nSPS) is 16.3. The predicted molar refractivity (Wildman–Crippen MR) is 69.2 cm³/mol. The first-order valence-corrected chi connectivity index (χ1v) is 6.56. The molecule has 0 atom stereocenters. The Labute approximate surface area is 108 Å². The molecule has 0 aromatic carbocycles. The molecule has 98 valence electrons. The number of carbonyl (C=O) groups is 1. The fourth-order valence-electron chi connectivity index (χ4n) is 2.37. The molecule has 1 N–H and O–H groups in total. The molecule has 2 rings (SSSR count). The molecule has 1 aromatic rings. The summed E-state index contributed by atoms with van der Waals surface area (Å²) in [5, 5.41) is 3.00. The molecule has 0 saturated heterocycles. The van der Waals surface area contributed by atoms with Gasteiger partial charge in [0.25, 0.3) is 0 Å². The second-order valence-electron chi connectivity index (χ2n) is 4.76. The Bertz CT molecular complexity index is 401. The largest absolute Gasteiger partial charge is 0.481 e. The van der Waals surface area contributed by atoms with Gasteiger partial charge in [0.15, 0.2) is 0 Å². The van der Waals surface area contributed by atoms with Crippen molar-refractivity contribution in [3.63, 3.8) is 0 Å².